The maximum atomic E-state index is 13.3. The fourth-order valence-corrected chi connectivity index (χ4v) is 7.09. The minimum absolute atomic E-state index is 0.00843. The molecule has 4 N–H and O–H groups in total. The fourth-order valence-electron chi connectivity index (χ4n) is 7.09. The van der Waals surface area contributed by atoms with Crippen LogP contribution in [-0.2, 0) is 33.5 Å². The van der Waals surface area contributed by atoms with Crippen molar-refractivity contribution < 1.29 is 36.6 Å². The van der Waals surface area contributed by atoms with Gasteiger partial charge in [0.05, 0.1) is 12.1 Å². The van der Waals surface area contributed by atoms with Crippen molar-refractivity contribution in [2.24, 2.45) is 21.5 Å². The van der Waals surface area contributed by atoms with Gasteiger partial charge in [0.2, 0.25) is 0 Å². The third kappa shape index (κ3) is 9.67. The lowest BCUT2D eigenvalue weighted by Crippen LogP contribution is -2.41. The second kappa shape index (κ2) is 19.7. The third-order valence-electron chi connectivity index (χ3n) is 10.2. The standard InChI is InChI=1S/2C22H22F2N4O2/c2*1-28-19(29)22(27-21(28)26,16-9-11-18(12-10-16)30-20(23)24)17-8-5-7-15(14-17)6-3-2-4-13-25/h2*5,7-12,14,20H,2-4,6H2,1H3,(H2,26,27)/t2*22-/m10/s1. The number of hydrogen-bond donors (Lipinski definition) is 2. The molecule has 0 aromatic heterocycles. The molecule has 2 aliphatic heterocycles. The highest BCUT2D eigenvalue weighted by molar-refractivity contribution is 6.09. The molecule has 0 aliphatic carbocycles. The first-order chi connectivity index (χ1) is 28.8. The quantitative estimate of drug-likeness (QED) is 0.0885. The van der Waals surface area contributed by atoms with Crippen LogP contribution in [0.15, 0.2) is 107 Å². The van der Waals surface area contributed by atoms with Gasteiger partial charge in [-0.2, -0.15) is 28.1 Å². The maximum Gasteiger partial charge on any atom is 0.387 e. The van der Waals surface area contributed by atoms with Crippen molar-refractivity contribution >= 4 is 23.7 Å². The van der Waals surface area contributed by atoms with Crippen molar-refractivity contribution in [3.05, 3.63) is 130 Å². The average Bonchev–Trinajstić information content (AvgIpc) is 3.61. The zero-order valence-electron chi connectivity index (χ0n) is 33.0. The Morgan fingerprint density at radius 3 is 1.27 bits per heavy atom. The van der Waals surface area contributed by atoms with Gasteiger partial charge in [0, 0.05) is 26.9 Å². The first-order valence-electron chi connectivity index (χ1n) is 19.1. The summed E-state index contributed by atoms with van der Waals surface area (Å²) < 4.78 is 58.8. The number of hydrogen-bond acceptors (Lipinski definition) is 10. The first-order valence-corrected chi connectivity index (χ1v) is 19.1. The molecule has 16 heteroatoms. The number of rotatable bonds is 16. The topological polar surface area (TPSA) is 183 Å². The number of unbranched alkanes of at least 4 members (excludes halogenated alkanes) is 4. The van der Waals surface area contributed by atoms with Gasteiger partial charge in [0.1, 0.15) is 11.5 Å². The summed E-state index contributed by atoms with van der Waals surface area (Å²) in [5.41, 5.74) is 13.4. The van der Waals surface area contributed by atoms with Gasteiger partial charge in [-0.3, -0.25) is 19.4 Å². The molecule has 2 atom stereocenters. The van der Waals surface area contributed by atoms with Crippen molar-refractivity contribution in [3.63, 3.8) is 0 Å². The van der Waals surface area contributed by atoms with E-state index in [9.17, 15) is 27.2 Å². The summed E-state index contributed by atoms with van der Waals surface area (Å²) in [7, 11) is 3.09. The Bertz CT molecular complexity index is 2130. The summed E-state index contributed by atoms with van der Waals surface area (Å²) in [6.45, 7) is -5.87. The van der Waals surface area contributed by atoms with Gasteiger partial charge in [-0.05, 0) is 96.2 Å². The number of nitrogens with two attached hydrogens (primary N) is 2. The molecule has 2 heterocycles. The lowest BCUT2D eigenvalue weighted by molar-refractivity contribution is -0.130. The minimum Gasteiger partial charge on any atom is -0.435 e. The van der Waals surface area contributed by atoms with Crippen molar-refractivity contribution in [2.75, 3.05) is 14.1 Å². The average molecular weight is 825 g/mol. The Morgan fingerprint density at radius 2 is 0.967 bits per heavy atom. The Morgan fingerprint density at radius 1 is 0.600 bits per heavy atom. The molecule has 0 saturated carbocycles. The molecule has 4 aromatic carbocycles. The van der Waals surface area contributed by atoms with E-state index >= 15 is 0 Å². The van der Waals surface area contributed by atoms with Crippen LogP contribution in [0.2, 0.25) is 0 Å². The lowest BCUT2D eigenvalue weighted by atomic mass is 9.82. The van der Waals surface area contributed by atoms with Crippen LogP contribution in [-0.4, -0.2) is 60.9 Å². The predicted molar refractivity (Wildman–Crippen MR) is 216 cm³/mol. The fraction of sp³-hybridized carbons (Fsp3) is 0.318. The van der Waals surface area contributed by atoms with E-state index in [1.54, 1.807) is 50.5 Å². The van der Waals surface area contributed by atoms with Crippen molar-refractivity contribution in [3.8, 4) is 23.6 Å². The SMILES string of the molecule is CN1C(=O)[C@@](c2ccc(OC(F)F)cc2)(c2cccc(CCCCC#N)c2)N=C1N.CN1C(=O)[C@](c2ccc(OC(F)F)cc2)(c2cccc(CCCCC#N)c2)N=C1N. The second-order valence-electron chi connectivity index (χ2n) is 14.0. The molecule has 12 nitrogen and oxygen atoms in total. The predicted octanol–water partition coefficient (Wildman–Crippen LogP) is 7.11. The molecular weight excluding hydrogens is 781 g/mol. The number of benzene rings is 4. The molecular formula is C44H44F4N8O4. The van der Waals surface area contributed by atoms with E-state index in [-0.39, 0.29) is 35.2 Å². The van der Waals surface area contributed by atoms with Crippen molar-refractivity contribution in [1.82, 2.24) is 9.80 Å². The van der Waals surface area contributed by atoms with Crippen LogP contribution < -0.4 is 20.9 Å². The van der Waals surface area contributed by atoms with Crippen LogP contribution in [0.5, 0.6) is 11.5 Å². The normalized spacial score (nSPS) is 18.4. The summed E-state index contributed by atoms with van der Waals surface area (Å²) >= 11 is 0. The number of guanidine groups is 2. The third-order valence-corrected chi connectivity index (χ3v) is 10.2. The van der Waals surface area contributed by atoms with Gasteiger partial charge in [-0.25, -0.2) is 9.98 Å². The Hall–Kier alpha value is -6.94. The molecule has 60 heavy (non-hydrogen) atoms. The number of carbonyl (C=O) groups excluding carboxylic acids is 2. The van der Waals surface area contributed by atoms with Gasteiger partial charge >= 0.3 is 13.2 Å². The Balaban J connectivity index is 0.000000228. The monoisotopic (exact) mass is 824 g/mol. The molecule has 0 radical (unpaired) electrons. The zero-order valence-corrected chi connectivity index (χ0v) is 33.0. The molecule has 0 fully saturated rings. The molecule has 2 amide bonds. The van der Waals surface area contributed by atoms with Gasteiger partial charge in [0.15, 0.2) is 23.0 Å². The number of alkyl halides is 4. The summed E-state index contributed by atoms with van der Waals surface area (Å²) in [6, 6.07) is 31.0. The van der Waals surface area contributed by atoms with E-state index in [4.69, 9.17) is 22.0 Å². The lowest BCUT2D eigenvalue weighted by Gasteiger charge is -2.26. The maximum absolute atomic E-state index is 13.3. The molecule has 6 rings (SSSR count). The molecule has 2 aliphatic rings. The number of nitriles is 2. The van der Waals surface area contributed by atoms with Crippen LogP contribution in [0, 0.1) is 22.7 Å². The number of nitrogens with zero attached hydrogens (tertiary/aromatic N) is 6. The summed E-state index contributed by atoms with van der Waals surface area (Å²) in [5, 5.41) is 17.4. The number of likely N-dealkylation sites (N-methyl/N-ethyl adjacent to an activating group) is 2. The number of amides is 2. The smallest absolute Gasteiger partial charge is 0.387 e. The summed E-state index contributed by atoms with van der Waals surface area (Å²) in [5.74, 6) is -0.523. The Labute approximate surface area is 345 Å². The van der Waals surface area contributed by atoms with Gasteiger partial charge in [0.25, 0.3) is 11.8 Å². The highest BCUT2D eigenvalue weighted by Gasteiger charge is 2.50. The number of carbonyl (C=O) groups is 2. The van der Waals surface area contributed by atoms with E-state index in [2.05, 4.69) is 31.6 Å². The number of aliphatic imine (C=N–C) groups is 2. The van der Waals surface area contributed by atoms with Gasteiger partial charge in [-0.15, -0.1) is 0 Å². The van der Waals surface area contributed by atoms with E-state index < -0.39 is 24.3 Å². The Kier molecular flexibility index (Phi) is 14.5. The van der Waals surface area contributed by atoms with Gasteiger partial charge in [-0.1, -0.05) is 72.8 Å². The van der Waals surface area contributed by atoms with E-state index in [0.29, 0.717) is 35.1 Å². The molecule has 4 aromatic rings. The molecule has 0 unspecified atom stereocenters. The number of ether oxygens (including phenoxy) is 2. The molecule has 0 bridgehead atoms. The van der Waals surface area contributed by atoms with Crippen LogP contribution in [0.1, 0.15) is 71.9 Å². The van der Waals surface area contributed by atoms with Gasteiger partial charge < -0.3 is 20.9 Å². The largest absolute Gasteiger partial charge is 0.435 e. The van der Waals surface area contributed by atoms with E-state index in [1.165, 1.54) is 34.1 Å². The highest BCUT2D eigenvalue weighted by Crippen LogP contribution is 2.42. The summed E-state index contributed by atoms with van der Waals surface area (Å²) in [4.78, 5) is 38.1. The van der Waals surface area contributed by atoms with Crippen molar-refractivity contribution in [2.45, 2.75) is 75.7 Å². The zero-order chi connectivity index (χ0) is 43.5. The van der Waals surface area contributed by atoms with Crippen LogP contribution >= 0.6 is 0 Å². The number of aryl methyl sites for hydroxylation is 2. The van der Waals surface area contributed by atoms with Crippen LogP contribution in [0.4, 0.5) is 17.6 Å². The van der Waals surface area contributed by atoms with E-state index in [1.807, 2.05) is 36.4 Å². The highest BCUT2D eigenvalue weighted by atomic mass is 19.3. The molecule has 0 saturated heterocycles. The summed E-state index contributed by atoms with van der Waals surface area (Å²) in [6.07, 6.45) is 5.81. The van der Waals surface area contributed by atoms with Crippen LogP contribution in [0.3, 0.4) is 0 Å². The molecule has 0 spiro atoms. The molecule has 312 valence electrons. The van der Waals surface area contributed by atoms with Crippen molar-refractivity contribution in [1.29, 1.82) is 10.5 Å². The van der Waals surface area contributed by atoms with E-state index in [0.717, 1.165) is 49.7 Å². The second-order valence-corrected chi connectivity index (χ2v) is 14.0. The minimum atomic E-state index is -2.93. The van der Waals surface area contributed by atoms with Crippen LogP contribution in [0.25, 0.3) is 0 Å². The first kappa shape index (κ1) is 44.2. The number of halogens is 4.